The normalized spacial score (nSPS) is 11.3. The smallest absolute Gasteiger partial charge is 0.309 e. The number of halogens is 3. The molecule has 0 bridgehead atoms. The summed E-state index contributed by atoms with van der Waals surface area (Å²) in [7, 11) is 0. The quantitative estimate of drug-likeness (QED) is 0.171. The van der Waals surface area contributed by atoms with Gasteiger partial charge >= 0.3 is 6.18 Å². The van der Waals surface area contributed by atoms with Gasteiger partial charge in [-0.3, -0.25) is 0 Å². The second-order valence-corrected chi connectivity index (χ2v) is 15.3. The van der Waals surface area contributed by atoms with Crippen LogP contribution in [0.1, 0.15) is 33.4 Å². The largest absolute Gasteiger partial charge is 0.416 e. The lowest BCUT2D eigenvalue weighted by Crippen LogP contribution is -2.11. The number of para-hydroxylation sites is 2. The van der Waals surface area contributed by atoms with E-state index in [1.807, 2.05) is 94.1 Å². The van der Waals surface area contributed by atoms with E-state index in [1.165, 1.54) is 12.1 Å². The fraction of sp³-hybridized carbons (Fsp3) is 0.0185. The zero-order chi connectivity index (χ0) is 44.3. The van der Waals surface area contributed by atoms with Gasteiger partial charge < -0.3 is 9.13 Å². The number of rotatable bonds is 5. The maximum absolute atomic E-state index is 15.6. The SMILES string of the molecule is N#Cc1cc(C#N)cc(-c2ccc3c4ccccc4n(-c4cc(C(F)(F)F)cc(-n5c6ccccc6c6ccc(-c7cc(C#N)cc(C#N)c7)cc65)c4-c4cccc(C#N)c4)c3c2)c1. The number of fused-ring (bicyclic) bond motifs is 6. The summed E-state index contributed by atoms with van der Waals surface area (Å²) in [5.41, 5.74) is 6.64. The molecule has 0 saturated carbocycles. The predicted octanol–water partition coefficient (Wildman–Crippen LogP) is 13.3. The average molecular weight is 830 g/mol. The number of hydrogen-bond donors (Lipinski definition) is 0. The molecule has 10 aromatic rings. The first-order valence-corrected chi connectivity index (χ1v) is 19.8. The lowest BCUT2D eigenvalue weighted by atomic mass is 9.96. The lowest BCUT2D eigenvalue weighted by molar-refractivity contribution is -0.137. The molecule has 0 atom stereocenters. The summed E-state index contributed by atoms with van der Waals surface area (Å²) in [6, 6.07) is 55.6. The molecule has 0 aliphatic carbocycles. The minimum absolute atomic E-state index is 0.189. The third-order valence-electron chi connectivity index (χ3n) is 11.6. The van der Waals surface area contributed by atoms with Gasteiger partial charge in [0.1, 0.15) is 0 Å². The van der Waals surface area contributed by atoms with Crippen molar-refractivity contribution in [1.82, 2.24) is 9.13 Å². The number of benzene rings is 8. The molecular weight excluding hydrogens is 804 g/mol. The number of aromatic nitrogens is 2. The minimum Gasteiger partial charge on any atom is -0.309 e. The Morgan fingerprint density at radius 2 is 0.750 bits per heavy atom. The molecule has 0 N–H and O–H groups in total. The Morgan fingerprint density at radius 3 is 1.17 bits per heavy atom. The molecule has 2 heterocycles. The lowest BCUT2D eigenvalue weighted by Gasteiger charge is -2.23. The average Bonchev–Trinajstić information content (AvgIpc) is 3.84. The van der Waals surface area contributed by atoms with Crippen molar-refractivity contribution in [2.75, 3.05) is 0 Å². The van der Waals surface area contributed by atoms with Crippen molar-refractivity contribution in [3.8, 4) is 75.1 Å². The molecule has 0 amide bonds. The Hall–Kier alpha value is -9.40. The molecule has 0 aliphatic heterocycles. The molecule has 0 fully saturated rings. The predicted molar refractivity (Wildman–Crippen MR) is 240 cm³/mol. The van der Waals surface area contributed by atoms with Crippen molar-refractivity contribution >= 4 is 43.6 Å². The number of nitrogens with zero attached hydrogens (tertiary/aromatic N) is 7. The zero-order valence-corrected chi connectivity index (χ0v) is 33.3. The van der Waals surface area contributed by atoms with Crippen molar-refractivity contribution in [3.05, 3.63) is 191 Å². The highest BCUT2D eigenvalue weighted by molar-refractivity contribution is 6.13. The van der Waals surface area contributed by atoms with Crippen molar-refractivity contribution in [2.45, 2.75) is 6.18 Å². The van der Waals surface area contributed by atoms with E-state index < -0.39 is 11.7 Å². The summed E-state index contributed by atoms with van der Waals surface area (Å²) < 4.78 is 50.5. The van der Waals surface area contributed by atoms with Crippen LogP contribution in [0.5, 0.6) is 0 Å². The Labute approximate surface area is 363 Å². The Kier molecular flexibility index (Phi) is 9.06. The van der Waals surface area contributed by atoms with E-state index in [2.05, 4.69) is 30.3 Å². The van der Waals surface area contributed by atoms with Crippen LogP contribution in [0.15, 0.2) is 158 Å². The van der Waals surface area contributed by atoms with Gasteiger partial charge in [-0.15, -0.1) is 0 Å². The molecular formula is C54H26F3N7. The van der Waals surface area contributed by atoms with E-state index >= 15 is 13.2 Å². The van der Waals surface area contributed by atoms with Crippen LogP contribution in [0, 0.1) is 56.7 Å². The molecule has 7 nitrogen and oxygen atoms in total. The summed E-state index contributed by atoms with van der Waals surface area (Å²) in [6.45, 7) is 0. The summed E-state index contributed by atoms with van der Waals surface area (Å²) in [4.78, 5) is 0. The number of hydrogen-bond acceptors (Lipinski definition) is 5. The second kappa shape index (κ2) is 14.9. The molecule has 0 spiro atoms. The summed E-state index contributed by atoms with van der Waals surface area (Å²) in [5, 5.41) is 52.5. The maximum Gasteiger partial charge on any atom is 0.416 e. The topological polar surface area (TPSA) is 129 Å². The molecule has 0 aliphatic rings. The molecule has 2 aromatic heterocycles. The monoisotopic (exact) mass is 829 g/mol. The van der Waals surface area contributed by atoms with Crippen LogP contribution in [0.25, 0.3) is 88.4 Å². The fourth-order valence-corrected chi connectivity index (χ4v) is 8.83. The van der Waals surface area contributed by atoms with Crippen LogP contribution >= 0.6 is 0 Å². The van der Waals surface area contributed by atoms with E-state index in [1.54, 1.807) is 48.5 Å². The van der Waals surface area contributed by atoms with Crippen molar-refractivity contribution in [3.63, 3.8) is 0 Å². The van der Waals surface area contributed by atoms with Crippen LogP contribution in [0.2, 0.25) is 0 Å². The summed E-state index contributed by atoms with van der Waals surface area (Å²) >= 11 is 0. The Bertz CT molecular complexity index is 3570. The first kappa shape index (κ1) is 38.8. The van der Waals surface area contributed by atoms with Gasteiger partial charge in [0.05, 0.1) is 97.2 Å². The van der Waals surface area contributed by atoms with E-state index in [4.69, 9.17) is 0 Å². The minimum atomic E-state index is -4.82. The van der Waals surface area contributed by atoms with Gasteiger partial charge in [0.2, 0.25) is 0 Å². The van der Waals surface area contributed by atoms with E-state index in [0.717, 1.165) is 33.7 Å². The molecule has 10 rings (SSSR count). The van der Waals surface area contributed by atoms with Crippen LogP contribution < -0.4 is 0 Å². The first-order valence-electron chi connectivity index (χ1n) is 19.8. The van der Waals surface area contributed by atoms with Crippen LogP contribution in [0.4, 0.5) is 13.2 Å². The standard InChI is InChI=1S/C54H26F3N7/c55-54(56,57)42-25-51(63-47-10-3-1-8-43(47)45-14-12-37(23-49(45)63)40-19-33(28-59)16-34(20-40)29-60)53(39-7-5-6-32(18-39)27-58)52(26-42)64-48-11-4-2-9-44(48)46-15-13-38(24-50(46)64)41-21-35(30-61)17-36(22-41)31-62/h1-26H. The van der Waals surface area contributed by atoms with Gasteiger partial charge in [-0.25, -0.2) is 0 Å². The molecule has 8 aromatic carbocycles. The van der Waals surface area contributed by atoms with Gasteiger partial charge in [0.25, 0.3) is 0 Å². The molecule has 0 saturated heterocycles. The van der Waals surface area contributed by atoms with Crippen molar-refractivity contribution in [2.24, 2.45) is 0 Å². The molecule has 0 unspecified atom stereocenters. The van der Waals surface area contributed by atoms with E-state index in [0.29, 0.717) is 61.0 Å². The Morgan fingerprint density at radius 1 is 0.344 bits per heavy atom. The molecule has 298 valence electrons. The molecule has 10 heteroatoms. The van der Waals surface area contributed by atoms with Gasteiger partial charge in [0, 0.05) is 27.1 Å². The van der Waals surface area contributed by atoms with Gasteiger partial charge in [-0.05, 0) is 113 Å². The highest BCUT2D eigenvalue weighted by atomic mass is 19.4. The second-order valence-electron chi connectivity index (χ2n) is 15.3. The van der Waals surface area contributed by atoms with Crippen molar-refractivity contribution in [1.29, 1.82) is 26.3 Å². The summed E-state index contributed by atoms with van der Waals surface area (Å²) in [6.07, 6.45) is -4.82. The highest BCUT2D eigenvalue weighted by Gasteiger charge is 2.34. The third-order valence-corrected chi connectivity index (χ3v) is 11.6. The van der Waals surface area contributed by atoms with Gasteiger partial charge in [0.15, 0.2) is 0 Å². The maximum atomic E-state index is 15.6. The Balaban J connectivity index is 1.38. The van der Waals surface area contributed by atoms with E-state index in [-0.39, 0.29) is 33.6 Å². The molecule has 0 radical (unpaired) electrons. The number of alkyl halides is 3. The zero-order valence-electron chi connectivity index (χ0n) is 33.3. The summed E-state index contributed by atoms with van der Waals surface area (Å²) in [5.74, 6) is 0. The number of nitriles is 5. The van der Waals surface area contributed by atoms with Gasteiger partial charge in [-0.2, -0.15) is 39.5 Å². The molecule has 64 heavy (non-hydrogen) atoms. The highest BCUT2D eigenvalue weighted by Crippen LogP contribution is 2.46. The van der Waals surface area contributed by atoms with Crippen LogP contribution in [-0.2, 0) is 6.18 Å². The van der Waals surface area contributed by atoms with Crippen LogP contribution in [-0.4, -0.2) is 9.13 Å². The van der Waals surface area contributed by atoms with E-state index in [9.17, 15) is 26.3 Å². The van der Waals surface area contributed by atoms with Crippen LogP contribution in [0.3, 0.4) is 0 Å². The third kappa shape index (κ3) is 6.34. The first-order chi connectivity index (χ1) is 31.1. The van der Waals surface area contributed by atoms with Gasteiger partial charge in [-0.1, -0.05) is 72.8 Å². The fourth-order valence-electron chi connectivity index (χ4n) is 8.83. The van der Waals surface area contributed by atoms with Crippen molar-refractivity contribution < 1.29 is 13.2 Å².